The molecular formula is C26H36N4O3. The second kappa shape index (κ2) is 12.3. The summed E-state index contributed by atoms with van der Waals surface area (Å²) in [7, 11) is 1.30. The van der Waals surface area contributed by atoms with Gasteiger partial charge in [0, 0.05) is 50.9 Å². The zero-order valence-electron chi connectivity index (χ0n) is 19.9. The molecule has 7 nitrogen and oxygen atoms in total. The summed E-state index contributed by atoms with van der Waals surface area (Å²) in [6, 6.07) is 17.6. The van der Waals surface area contributed by atoms with E-state index in [-0.39, 0.29) is 11.9 Å². The molecular weight excluding hydrogens is 416 g/mol. The number of ether oxygens (including phenoxy) is 1. The Labute approximate surface area is 197 Å². The number of aryl methyl sites for hydroxylation is 1. The fraction of sp³-hybridized carbons (Fsp3) is 0.462. The highest BCUT2D eigenvalue weighted by atomic mass is 16.5. The van der Waals surface area contributed by atoms with Crippen LogP contribution in [0.15, 0.2) is 54.6 Å². The topological polar surface area (TPSA) is 73.9 Å². The van der Waals surface area contributed by atoms with E-state index in [2.05, 4.69) is 51.6 Å². The van der Waals surface area contributed by atoms with E-state index >= 15 is 0 Å². The summed E-state index contributed by atoms with van der Waals surface area (Å²) in [6.07, 6.45) is 0.659. The first-order chi connectivity index (χ1) is 15.9. The van der Waals surface area contributed by atoms with Gasteiger partial charge in [0.25, 0.3) is 0 Å². The summed E-state index contributed by atoms with van der Waals surface area (Å²) in [4.78, 5) is 29.5. The maximum absolute atomic E-state index is 12.9. The van der Waals surface area contributed by atoms with Crippen molar-refractivity contribution in [1.29, 1.82) is 0 Å². The molecule has 0 saturated carbocycles. The number of nitrogens with zero attached hydrogens (tertiary/aromatic N) is 2. The molecule has 2 aromatic rings. The number of nitrogens with one attached hydrogen (secondary N) is 2. The second-order valence-corrected chi connectivity index (χ2v) is 8.74. The quantitative estimate of drug-likeness (QED) is 0.612. The zero-order valence-corrected chi connectivity index (χ0v) is 19.9. The van der Waals surface area contributed by atoms with Gasteiger partial charge in [0.1, 0.15) is 6.04 Å². The van der Waals surface area contributed by atoms with Crippen LogP contribution in [0.3, 0.4) is 0 Å². The summed E-state index contributed by atoms with van der Waals surface area (Å²) in [5.41, 5.74) is 3.55. The third-order valence-electron chi connectivity index (χ3n) is 6.08. The average molecular weight is 453 g/mol. The molecule has 0 spiro atoms. The number of benzene rings is 2. The van der Waals surface area contributed by atoms with Gasteiger partial charge < -0.3 is 20.3 Å². The molecule has 0 radical (unpaired) electrons. The van der Waals surface area contributed by atoms with Crippen LogP contribution in [-0.4, -0.2) is 68.8 Å². The minimum absolute atomic E-state index is 0.00465. The van der Waals surface area contributed by atoms with Crippen LogP contribution < -0.4 is 15.5 Å². The lowest BCUT2D eigenvalue weighted by atomic mass is 10.0. The standard InChI is InChI=1S/C26H36N4O3/c1-20-8-7-11-23(18-20)30-16-14-29(15-17-30)13-12-21(2)27-25(31)24(28-26(32)33-3)19-22-9-5-4-6-10-22/h4-11,18,21,24H,12-17,19H2,1-3H3,(H,27,31)(H,28,32). The number of hydrogen-bond donors (Lipinski definition) is 2. The third-order valence-corrected chi connectivity index (χ3v) is 6.08. The molecule has 0 aromatic heterocycles. The molecule has 1 heterocycles. The lowest BCUT2D eigenvalue weighted by Crippen LogP contribution is -2.51. The van der Waals surface area contributed by atoms with Crippen molar-refractivity contribution in [3.8, 4) is 0 Å². The van der Waals surface area contributed by atoms with Crippen LogP contribution >= 0.6 is 0 Å². The predicted molar refractivity (Wildman–Crippen MR) is 132 cm³/mol. The molecule has 178 valence electrons. The van der Waals surface area contributed by atoms with Crippen molar-refractivity contribution in [2.24, 2.45) is 0 Å². The number of piperazine rings is 1. The summed E-state index contributed by atoms with van der Waals surface area (Å²) in [5.74, 6) is -0.194. The SMILES string of the molecule is COC(=O)NC(Cc1ccccc1)C(=O)NC(C)CCN1CCN(c2cccc(C)c2)CC1. The van der Waals surface area contributed by atoms with Gasteiger partial charge >= 0.3 is 6.09 Å². The maximum atomic E-state index is 12.9. The Bertz CT molecular complexity index is 897. The zero-order chi connectivity index (χ0) is 23.6. The predicted octanol–water partition coefficient (Wildman–Crippen LogP) is 2.98. The van der Waals surface area contributed by atoms with Gasteiger partial charge in [-0.3, -0.25) is 9.69 Å². The molecule has 0 aliphatic carbocycles. The van der Waals surface area contributed by atoms with E-state index in [1.54, 1.807) is 0 Å². The first-order valence-corrected chi connectivity index (χ1v) is 11.7. The lowest BCUT2D eigenvalue weighted by molar-refractivity contribution is -0.123. The number of alkyl carbamates (subject to hydrolysis) is 1. The van der Waals surface area contributed by atoms with Crippen LogP contribution in [0.2, 0.25) is 0 Å². The molecule has 1 fully saturated rings. The number of methoxy groups -OCH3 is 1. The Kier molecular flexibility index (Phi) is 9.13. The van der Waals surface area contributed by atoms with E-state index in [4.69, 9.17) is 4.74 Å². The van der Waals surface area contributed by atoms with Crippen LogP contribution in [0.5, 0.6) is 0 Å². The van der Waals surface area contributed by atoms with E-state index in [9.17, 15) is 9.59 Å². The fourth-order valence-corrected chi connectivity index (χ4v) is 4.11. The largest absolute Gasteiger partial charge is 0.453 e. The number of carbonyl (C=O) groups excluding carboxylic acids is 2. The van der Waals surface area contributed by atoms with Crippen molar-refractivity contribution in [2.45, 2.75) is 38.8 Å². The van der Waals surface area contributed by atoms with Crippen molar-refractivity contribution in [3.05, 3.63) is 65.7 Å². The van der Waals surface area contributed by atoms with Gasteiger partial charge in [-0.2, -0.15) is 0 Å². The first kappa shape index (κ1) is 24.6. The second-order valence-electron chi connectivity index (χ2n) is 8.74. The Balaban J connectivity index is 1.45. The van der Waals surface area contributed by atoms with Crippen LogP contribution in [-0.2, 0) is 16.0 Å². The summed E-state index contributed by atoms with van der Waals surface area (Å²) < 4.78 is 4.71. The number of hydrogen-bond acceptors (Lipinski definition) is 5. The molecule has 2 amide bonds. The van der Waals surface area contributed by atoms with Crippen molar-refractivity contribution < 1.29 is 14.3 Å². The average Bonchev–Trinajstić information content (AvgIpc) is 2.83. The monoisotopic (exact) mass is 452 g/mol. The molecule has 33 heavy (non-hydrogen) atoms. The van der Waals surface area contributed by atoms with E-state index in [1.807, 2.05) is 37.3 Å². The van der Waals surface area contributed by atoms with Crippen LogP contribution in [0.1, 0.15) is 24.5 Å². The highest BCUT2D eigenvalue weighted by Gasteiger charge is 2.24. The van der Waals surface area contributed by atoms with Crippen molar-refractivity contribution in [2.75, 3.05) is 44.7 Å². The molecule has 2 unspecified atom stereocenters. The molecule has 2 atom stereocenters. The van der Waals surface area contributed by atoms with Gasteiger partial charge in [0.15, 0.2) is 0 Å². The van der Waals surface area contributed by atoms with Crippen molar-refractivity contribution in [3.63, 3.8) is 0 Å². The summed E-state index contributed by atoms with van der Waals surface area (Å²) in [5, 5.41) is 5.72. The highest BCUT2D eigenvalue weighted by molar-refractivity contribution is 5.86. The van der Waals surface area contributed by atoms with Gasteiger partial charge in [0.2, 0.25) is 5.91 Å². The highest BCUT2D eigenvalue weighted by Crippen LogP contribution is 2.18. The molecule has 1 aliphatic heterocycles. The van der Waals surface area contributed by atoms with Gasteiger partial charge in [0.05, 0.1) is 7.11 Å². The van der Waals surface area contributed by atoms with E-state index < -0.39 is 12.1 Å². The van der Waals surface area contributed by atoms with Crippen molar-refractivity contribution in [1.82, 2.24) is 15.5 Å². The number of carbonyl (C=O) groups is 2. The molecule has 2 aromatic carbocycles. The van der Waals surface area contributed by atoms with E-state index in [1.165, 1.54) is 18.4 Å². The lowest BCUT2D eigenvalue weighted by Gasteiger charge is -2.36. The molecule has 3 rings (SSSR count). The van der Waals surface area contributed by atoms with E-state index in [0.29, 0.717) is 6.42 Å². The van der Waals surface area contributed by atoms with E-state index in [0.717, 1.165) is 44.7 Å². The molecule has 1 aliphatic rings. The number of amides is 2. The maximum Gasteiger partial charge on any atom is 0.407 e. The molecule has 7 heteroatoms. The number of rotatable bonds is 9. The Morgan fingerprint density at radius 2 is 1.73 bits per heavy atom. The van der Waals surface area contributed by atoms with Gasteiger partial charge in [-0.25, -0.2) is 4.79 Å². The molecule has 0 bridgehead atoms. The molecule has 2 N–H and O–H groups in total. The Hall–Kier alpha value is -3.06. The van der Waals surface area contributed by atoms with Gasteiger partial charge in [-0.05, 0) is 43.5 Å². The third kappa shape index (κ3) is 7.79. The van der Waals surface area contributed by atoms with Crippen LogP contribution in [0.4, 0.5) is 10.5 Å². The Morgan fingerprint density at radius 1 is 1.00 bits per heavy atom. The smallest absolute Gasteiger partial charge is 0.407 e. The first-order valence-electron chi connectivity index (χ1n) is 11.7. The summed E-state index contributed by atoms with van der Waals surface area (Å²) in [6.45, 7) is 9.10. The van der Waals surface area contributed by atoms with Crippen LogP contribution in [0.25, 0.3) is 0 Å². The Morgan fingerprint density at radius 3 is 2.39 bits per heavy atom. The summed E-state index contributed by atoms with van der Waals surface area (Å²) >= 11 is 0. The number of anilines is 1. The van der Waals surface area contributed by atoms with Crippen molar-refractivity contribution >= 4 is 17.7 Å². The fourth-order valence-electron chi connectivity index (χ4n) is 4.11. The molecule has 1 saturated heterocycles. The minimum Gasteiger partial charge on any atom is -0.453 e. The van der Waals surface area contributed by atoms with Gasteiger partial charge in [-0.15, -0.1) is 0 Å². The van der Waals surface area contributed by atoms with Gasteiger partial charge in [-0.1, -0.05) is 42.5 Å². The van der Waals surface area contributed by atoms with Crippen LogP contribution in [0, 0.1) is 6.92 Å². The minimum atomic E-state index is -0.680. The normalized spacial score (nSPS) is 16.0.